The van der Waals surface area contributed by atoms with Crippen molar-refractivity contribution in [3.63, 3.8) is 0 Å². The van der Waals surface area contributed by atoms with Crippen LogP contribution >= 0.6 is 0 Å². The van der Waals surface area contributed by atoms with Gasteiger partial charge in [-0.1, -0.05) is 13.8 Å². The zero-order valence-corrected chi connectivity index (χ0v) is 10.8. The maximum Gasteiger partial charge on any atom is 0.181 e. The van der Waals surface area contributed by atoms with Gasteiger partial charge in [0.2, 0.25) is 0 Å². The molecule has 6 heteroatoms. The van der Waals surface area contributed by atoms with E-state index in [0.29, 0.717) is 0 Å². The summed E-state index contributed by atoms with van der Waals surface area (Å²) in [4.78, 5) is 7.38. The zero-order chi connectivity index (χ0) is 14.6. The van der Waals surface area contributed by atoms with Crippen LogP contribution in [-0.2, 0) is 0 Å². The minimum absolute atomic E-state index is 0.0308. The number of hydrogen-bond donors (Lipinski definition) is 1. The number of hydrogen-bond acceptors (Lipinski definition) is 3. The summed E-state index contributed by atoms with van der Waals surface area (Å²) >= 11 is 0. The van der Waals surface area contributed by atoms with E-state index in [9.17, 15) is 13.2 Å². The van der Waals surface area contributed by atoms with Crippen LogP contribution in [0.1, 0.15) is 19.4 Å². The lowest BCUT2D eigenvalue weighted by Gasteiger charge is -2.08. The molecular weight excluding hydrogens is 255 g/mol. The molecule has 0 aliphatic carbocycles. The van der Waals surface area contributed by atoms with Crippen LogP contribution in [-0.4, -0.2) is 9.97 Å². The Morgan fingerprint density at radius 3 is 2.05 bits per heavy atom. The van der Waals surface area contributed by atoms with Crippen LogP contribution in [0.15, 0.2) is 18.5 Å². The highest BCUT2D eigenvalue weighted by Crippen LogP contribution is 2.27. The Balaban J connectivity index is 0.000000861. The Labute approximate surface area is 109 Å². The molecule has 1 aromatic heterocycles. The Kier molecular flexibility index (Phi) is 4.86. The molecule has 0 aliphatic heterocycles. The quantitative estimate of drug-likeness (QED) is 0.806. The Bertz CT molecular complexity index is 568. The smallest absolute Gasteiger partial charge is 0.181 e. The maximum absolute atomic E-state index is 13.4. The standard InChI is InChI=1S/C11H8F3N3.C2H6/c1-5-7(2-8(15)10(14)9(5)13)11-16-3-6(12)4-17-11;1-2/h2-4H,15H2,1H3;1-2H3. The Morgan fingerprint density at radius 2 is 1.53 bits per heavy atom. The van der Waals surface area contributed by atoms with Gasteiger partial charge in [-0.05, 0) is 18.6 Å². The minimum Gasteiger partial charge on any atom is -0.396 e. The van der Waals surface area contributed by atoms with Crippen LogP contribution in [0.3, 0.4) is 0 Å². The molecule has 0 fully saturated rings. The van der Waals surface area contributed by atoms with Gasteiger partial charge in [0.25, 0.3) is 0 Å². The van der Waals surface area contributed by atoms with Crippen LogP contribution < -0.4 is 5.73 Å². The van der Waals surface area contributed by atoms with Crippen LogP contribution in [0.5, 0.6) is 0 Å². The van der Waals surface area contributed by atoms with Crippen molar-refractivity contribution in [1.82, 2.24) is 9.97 Å². The van der Waals surface area contributed by atoms with Crippen LogP contribution in [0.2, 0.25) is 0 Å². The summed E-state index contributed by atoms with van der Waals surface area (Å²) in [7, 11) is 0. The van der Waals surface area contributed by atoms with Crippen molar-refractivity contribution in [2.24, 2.45) is 0 Å². The highest BCUT2D eigenvalue weighted by atomic mass is 19.2. The van der Waals surface area contributed by atoms with Gasteiger partial charge in [0.15, 0.2) is 23.3 Å². The van der Waals surface area contributed by atoms with E-state index in [1.165, 1.54) is 13.0 Å². The molecule has 102 valence electrons. The first-order chi connectivity index (χ1) is 9.00. The summed E-state index contributed by atoms with van der Waals surface area (Å²) in [5, 5.41) is 0. The van der Waals surface area contributed by atoms with E-state index in [4.69, 9.17) is 5.73 Å². The number of rotatable bonds is 1. The predicted molar refractivity (Wildman–Crippen MR) is 67.8 cm³/mol. The number of nitrogens with zero attached hydrogens (tertiary/aromatic N) is 2. The summed E-state index contributed by atoms with van der Waals surface area (Å²) in [6.07, 6.45) is 1.89. The van der Waals surface area contributed by atoms with Gasteiger partial charge in [-0.2, -0.15) is 0 Å². The molecule has 0 aliphatic rings. The highest BCUT2D eigenvalue weighted by Gasteiger charge is 2.16. The van der Waals surface area contributed by atoms with E-state index in [-0.39, 0.29) is 22.6 Å². The SMILES string of the molecule is CC.Cc1c(-c2ncc(F)cn2)cc(N)c(F)c1F. The average molecular weight is 269 g/mol. The lowest BCUT2D eigenvalue weighted by Crippen LogP contribution is -2.01. The number of aromatic nitrogens is 2. The molecule has 0 unspecified atom stereocenters. The molecule has 0 amide bonds. The Hall–Kier alpha value is -2.11. The van der Waals surface area contributed by atoms with Crippen molar-refractivity contribution in [2.45, 2.75) is 20.8 Å². The van der Waals surface area contributed by atoms with Crippen molar-refractivity contribution >= 4 is 5.69 Å². The molecule has 0 atom stereocenters. The summed E-state index contributed by atoms with van der Waals surface area (Å²) in [6.45, 7) is 5.37. The third-order valence-corrected chi connectivity index (χ3v) is 2.34. The van der Waals surface area contributed by atoms with Crippen LogP contribution in [0.25, 0.3) is 11.4 Å². The second-order valence-corrected chi connectivity index (χ2v) is 3.49. The van der Waals surface area contributed by atoms with Gasteiger partial charge < -0.3 is 5.73 Å². The number of nitrogen functional groups attached to an aromatic ring is 1. The van der Waals surface area contributed by atoms with E-state index in [1.54, 1.807) is 0 Å². The molecule has 2 rings (SSSR count). The first-order valence-corrected chi connectivity index (χ1v) is 5.72. The van der Waals surface area contributed by atoms with Gasteiger partial charge in [-0.25, -0.2) is 23.1 Å². The molecule has 0 saturated carbocycles. The maximum atomic E-state index is 13.4. The fourth-order valence-electron chi connectivity index (χ4n) is 1.42. The monoisotopic (exact) mass is 269 g/mol. The molecule has 19 heavy (non-hydrogen) atoms. The molecular formula is C13H14F3N3. The van der Waals surface area contributed by atoms with E-state index < -0.39 is 17.5 Å². The second-order valence-electron chi connectivity index (χ2n) is 3.49. The van der Waals surface area contributed by atoms with Crippen molar-refractivity contribution in [3.8, 4) is 11.4 Å². The zero-order valence-electron chi connectivity index (χ0n) is 10.8. The van der Waals surface area contributed by atoms with Gasteiger partial charge in [-0.3, -0.25) is 0 Å². The van der Waals surface area contributed by atoms with Crippen molar-refractivity contribution in [2.75, 3.05) is 5.73 Å². The fourth-order valence-corrected chi connectivity index (χ4v) is 1.42. The molecule has 0 saturated heterocycles. The highest BCUT2D eigenvalue weighted by molar-refractivity contribution is 5.65. The molecule has 0 radical (unpaired) electrons. The minimum atomic E-state index is -1.10. The molecule has 2 N–H and O–H groups in total. The van der Waals surface area contributed by atoms with Crippen molar-refractivity contribution in [1.29, 1.82) is 0 Å². The second kappa shape index (κ2) is 6.17. The predicted octanol–water partition coefficient (Wildman–Crippen LogP) is 3.48. The van der Waals surface area contributed by atoms with Crippen molar-refractivity contribution < 1.29 is 13.2 Å². The third-order valence-electron chi connectivity index (χ3n) is 2.34. The van der Waals surface area contributed by atoms with E-state index in [1.807, 2.05) is 13.8 Å². The molecule has 3 nitrogen and oxygen atoms in total. The van der Waals surface area contributed by atoms with E-state index in [0.717, 1.165) is 12.4 Å². The normalized spacial score (nSPS) is 9.79. The van der Waals surface area contributed by atoms with E-state index >= 15 is 0 Å². The summed E-state index contributed by atoms with van der Waals surface area (Å²) in [5.74, 6) is -2.67. The average Bonchev–Trinajstić information content (AvgIpc) is 2.44. The largest absolute Gasteiger partial charge is 0.396 e. The third kappa shape index (κ3) is 3.01. The van der Waals surface area contributed by atoms with Gasteiger partial charge >= 0.3 is 0 Å². The summed E-state index contributed by atoms with van der Waals surface area (Å²) in [6, 6.07) is 1.22. The van der Waals surface area contributed by atoms with Gasteiger partial charge in [0.05, 0.1) is 18.1 Å². The topological polar surface area (TPSA) is 51.8 Å². The van der Waals surface area contributed by atoms with Gasteiger partial charge in [-0.15, -0.1) is 0 Å². The summed E-state index contributed by atoms with van der Waals surface area (Å²) in [5.41, 5.74) is 5.24. The van der Waals surface area contributed by atoms with E-state index in [2.05, 4.69) is 9.97 Å². The van der Waals surface area contributed by atoms with Gasteiger partial charge in [0, 0.05) is 5.56 Å². The molecule has 0 bridgehead atoms. The molecule has 0 spiro atoms. The van der Waals surface area contributed by atoms with Gasteiger partial charge in [0.1, 0.15) is 0 Å². The lowest BCUT2D eigenvalue weighted by molar-refractivity contribution is 0.507. The first-order valence-electron chi connectivity index (χ1n) is 5.72. The number of anilines is 1. The number of nitrogens with two attached hydrogens (primary N) is 1. The lowest BCUT2D eigenvalue weighted by atomic mass is 10.1. The number of benzene rings is 1. The molecule has 1 aromatic carbocycles. The molecule has 1 heterocycles. The summed E-state index contributed by atoms with van der Waals surface area (Å²) < 4.78 is 39.2. The number of halogens is 3. The Morgan fingerprint density at radius 1 is 1.00 bits per heavy atom. The molecule has 2 aromatic rings. The first kappa shape index (κ1) is 14.9. The van der Waals surface area contributed by atoms with Crippen LogP contribution in [0.4, 0.5) is 18.9 Å². The van der Waals surface area contributed by atoms with Crippen LogP contribution in [0, 0.1) is 24.4 Å². The fraction of sp³-hybridized carbons (Fsp3) is 0.231. The van der Waals surface area contributed by atoms with Crippen molar-refractivity contribution in [3.05, 3.63) is 41.5 Å².